The molecule has 5 heteroatoms. The van der Waals surface area contributed by atoms with Crippen molar-refractivity contribution in [2.24, 2.45) is 0 Å². The first-order chi connectivity index (χ1) is 13.5. The van der Waals surface area contributed by atoms with E-state index in [0.717, 1.165) is 41.6 Å². The van der Waals surface area contributed by atoms with E-state index in [9.17, 15) is 0 Å². The second kappa shape index (κ2) is 8.85. The summed E-state index contributed by atoms with van der Waals surface area (Å²) in [4.78, 5) is 13.4. The highest BCUT2D eigenvalue weighted by atomic mass is 15.2. The van der Waals surface area contributed by atoms with Crippen LogP contribution in [0.25, 0.3) is 11.4 Å². The number of nitrogens with one attached hydrogen (secondary N) is 1. The number of hydrogen-bond donors (Lipinski definition) is 1. The number of hydrogen-bond acceptors (Lipinski definition) is 5. The van der Waals surface area contributed by atoms with Crippen molar-refractivity contribution in [3.05, 3.63) is 83.1 Å². The Morgan fingerprint density at radius 2 is 1.89 bits per heavy atom. The number of nitrogens with zero attached hydrogens (tertiary/aromatic N) is 4. The van der Waals surface area contributed by atoms with Gasteiger partial charge in [-0.3, -0.25) is 0 Å². The first kappa shape index (κ1) is 19.8. The van der Waals surface area contributed by atoms with Crippen LogP contribution in [0.15, 0.2) is 60.5 Å². The van der Waals surface area contributed by atoms with Crippen molar-refractivity contribution in [3.63, 3.8) is 0 Å². The number of benzene rings is 1. The highest BCUT2D eigenvalue weighted by Gasteiger charge is 2.19. The van der Waals surface area contributed by atoms with Crippen molar-refractivity contribution < 1.29 is 0 Å². The summed E-state index contributed by atoms with van der Waals surface area (Å²) in [5, 5.41) is 3.41. The lowest BCUT2D eigenvalue weighted by molar-refractivity contribution is 0.444. The average Bonchev–Trinajstić information content (AvgIpc) is 2.67. The smallest absolute Gasteiger partial charge is 0.125 e. The van der Waals surface area contributed by atoms with Crippen molar-refractivity contribution >= 4 is 11.4 Å². The Morgan fingerprint density at radius 3 is 2.46 bits per heavy atom. The molecule has 1 aromatic carbocycles. The van der Waals surface area contributed by atoms with E-state index in [-0.39, 0.29) is 0 Å². The molecule has 2 heterocycles. The Balaban J connectivity index is 2.07. The molecule has 0 saturated carbocycles. The van der Waals surface area contributed by atoms with Crippen LogP contribution in [0.5, 0.6) is 0 Å². The summed E-state index contributed by atoms with van der Waals surface area (Å²) in [5.41, 5.74) is 6.71. The van der Waals surface area contributed by atoms with Crippen LogP contribution in [-0.2, 0) is 0 Å². The van der Waals surface area contributed by atoms with Crippen LogP contribution in [0, 0.1) is 13.8 Å². The van der Waals surface area contributed by atoms with Crippen molar-refractivity contribution in [1.29, 1.82) is 0 Å². The van der Waals surface area contributed by atoms with E-state index in [4.69, 9.17) is 4.98 Å². The summed E-state index contributed by atoms with van der Waals surface area (Å²) >= 11 is 0. The second-order valence-corrected chi connectivity index (χ2v) is 7.31. The molecule has 0 saturated heterocycles. The third-order valence-electron chi connectivity index (χ3n) is 4.65. The molecular formula is C23H29N5. The first-order valence-corrected chi connectivity index (χ1v) is 9.55. The molecule has 0 amide bonds. The normalized spacial score (nSPS) is 14.8. The minimum absolute atomic E-state index is 0.763. The molecule has 1 aliphatic heterocycles. The van der Waals surface area contributed by atoms with Crippen LogP contribution in [0.3, 0.4) is 0 Å². The molecule has 146 valence electrons. The van der Waals surface area contributed by atoms with Gasteiger partial charge in [0.15, 0.2) is 0 Å². The Morgan fingerprint density at radius 1 is 1.14 bits per heavy atom. The summed E-state index contributed by atoms with van der Waals surface area (Å²) in [6.45, 7) is 5.76. The standard InChI is InChI=1S/C23H29N5/c1-17-6-8-20(9-7-17)22(24-3)23(21-10-13-25-18(2)26-21)28-14-11-19(12-15-28)16-27(4)5/h6-14,24H,15-16H2,1-5H3/b23-22-. The van der Waals surface area contributed by atoms with Gasteiger partial charge in [-0.1, -0.05) is 35.9 Å². The molecule has 2 aromatic rings. The molecule has 5 nitrogen and oxygen atoms in total. The molecule has 0 unspecified atom stereocenters. The van der Waals surface area contributed by atoms with Crippen LogP contribution >= 0.6 is 0 Å². The molecule has 0 radical (unpaired) electrons. The average molecular weight is 376 g/mol. The number of likely N-dealkylation sites (N-methyl/N-ethyl adjacent to an activating group) is 1. The molecule has 0 atom stereocenters. The Kier molecular flexibility index (Phi) is 6.26. The first-order valence-electron chi connectivity index (χ1n) is 9.55. The fraction of sp³-hybridized carbons (Fsp3) is 0.304. The highest BCUT2D eigenvalue weighted by Crippen LogP contribution is 2.29. The Hall–Kier alpha value is -2.92. The summed E-state index contributed by atoms with van der Waals surface area (Å²) in [6.07, 6.45) is 8.43. The summed E-state index contributed by atoms with van der Waals surface area (Å²) < 4.78 is 0. The third-order valence-corrected chi connectivity index (χ3v) is 4.65. The molecule has 0 aliphatic carbocycles. The molecule has 1 N–H and O–H groups in total. The van der Waals surface area contributed by atoms with E-state index in [1.165, 1.54) is 11.1 Å². The van der Waals surface area contributed by atoms with Gasteiger partial charge in [0.05, 0.1) is 17.1 Å². The third kappa shape index (κ3) is 4.67. The SMILES string of the molecule is CN/C(=C(/c1ccnc(C)n1)N1C=CC(CN(C)C)=CC1)c1ccc(C)cc1. The lowest BCUT2D eigenvalue weighted by atomic mass is 10.0. The van der Waals surface area contributed by atoms with Gasteiger partial charge < -0.3 is 15.1 Å². The van der Waals surface area contributed by atoms with E-state index >= 15 is 0 Å². The van der Waals surface area contributed by atoms with Crippen LogP contribution in [-0.4, -0.2) is 54.0 Å². The van der Waals surface area contributed by atoms with Crippen molar-refractivity contribution in [2.75, 3.05) is 34.2 Å². The molecule has 28 heavy (non-hydrogen) atoms. The molecule has 3 rings (SSSR count). The van der Waals surface area contributed by atoms with E-state index in [2.05, 4.69) is 83.7 Å². The predicted molar refractivity (Wildman–Crippen MR) is 116 cm³/mol. The maximum atomic E-state index is 4.71. The van der Waals surface area contributed by atoms with Gasteiger partial charge in [0.25, 0.3) is 0 Å². The largest absolute Gasteiger partial charge is 0.386 e. The second-order valence-electron chi connectivity index (χ2n) is 7.31. The van der Waals surface area contributed by atoms with Crippen molar-refractivity contribution in [3.8, 4) is 0 Å². The topological polar surface area (TPSA) is 44.3 Å². The monoisotopic (exact) mass is 375 g/mol. The lowest BCUT2D eigenvalue weighted by Crippen LogP contribution is -2.25. The van der Waals surface area contributed by atoms with Crippen molar-refractivity contribution in [2.45, 2.75) is 13.8 Å². The molecule has 1 aliphatic rings. The van der Waals surface area contributed by atoms with E-state index in [1.54, 1.807) is 0 Å². The zero-order valence-electron chi connectivity index (χ0n) is 17.4. The molecule has 0 spiro atoms. The van der Waals surface area contributed by atoms with Gasteiger partial charge >= 0.3 is 0 Å². The minimum Gasteiger partial charge on any atom is -0.386 e. The number of rotatable bonds is 6. The Labute approximate surface area is 168 Å². The summed E-state index contributed by atoms with van der Waals surface area (Å²) in [7, 11) is 6.14. The molecule has 0 fully saturated rings. The fourth-order valence-electron chi connectivity index (χ4n) is 3.31. The minimum atomic E-state index is 0.763. The van der Waals surface area contributed by atoms with Crippen molar-refractivity contribution in [1.82, 2.24) is 25.1 Å². The highest BCUT2D eigenvalue weighted by molar-refractivity contribution is 5.88. The lowest BCUT2D eigenvalue weighted by Gasteiger charge is -2.28. The van der Waals surface area contributed by atoms with Gasteiger partial charge in [0.2, 0.25) is 0 Å². The van der Waals surface area contributed by atoms with Gasteiger partial charge in [-0.15, -0.1) is 0 Å². The van der Waals surface area contributed by atoms with Gasteiger partial charge in [-0.2, -0.15) is 0 Å². The fourth-order valence-corrected chi connectivity index (χ4v) is 3.31. The van der Waals surface area contributed by atoms with Crippen LogP contribution in [0.2, 0.25) is 0 Å². The molecule has 1 aromatic heterocycles. The summed E-state index contributed by atoms with van der Waals surface area (Å²) in [5.74, 6) is 0.763. The van der Waals surface area contributed by atoms with Crippen LogP contribution in [0.1, 0.15) is 22.6 Å². The maximum Gasteiger partial charge on any atom is 0.125 e. The van der Waals surface area contributed by atoms with Gasteiger partial charge in [0, 0.05) is 32.5 Å². The number of aromatic nitrogens is 2. The summed E-state index contributed by atoms with van der Waals surface area (Å²) in [6, 6.07) is 10.5. The van der Waals surface area contributed by atoms with Gasteiger partial charge in [-0.05, 0) is 51.2 Å². The maximum absolute atomic E-state index is 4.71. The van der Waals surface area contributed by atoms with Gasteiger partial charge in [0.1, 0.15) is 5.82 Å². The van der Waals surface area contributed by atoms with Crippen LogP contribution in [0.4, 0.5) is 0 Å². The Bertz CT molecular complexity index is 907. The zero-order valence-corrected chi connectivity index (χ0v) is 17.4. The molecule has 0 bridgehead atoms. The van der Waals surface area contributed by atoms with Gasteiger partial charge in [-0.25, -0.2) is 9.97 Å². The van der Waals surface area contributed by atoms with E-state index in [1.807, 2.05) is 26.2 Å². The van der Waals surface area contributed by atoms with E-state index < -0.39 is 0 Å². The van der Waals surface area contributed by atoms with E-state index in [0.29, 0.717) is 0 Å². The predicted octanol–water partition coefficient (Wildman–Crippen LogP) is 3.46. The van der Waals surface area contributed by atoms with Crippen LogP contribution < -0.4 is 5.32 Å². The molecular weight excluding hydrogens is 346 g/mol. The zero-order chi connectivity index (χ0) is 20.1. The number of aryl methyl sites for hydroxylation is 2. The quantitative estimate of drug-likeness (QED) is 0.838.